The molecule has 2 rings (SSSR count). The predicted octanol–water partition coefficient (Wildman–Crippen LogP) is 2.93. The van der Waals surface area contributed by atoms with Crippen molar-refractivity contribution < 1.29 is 4.79 Å². The van der Waals surface area contributed by atoms with Crippen LogP contribution in [0.5, 0.6) is 0 Å². The lowest BCUT2D eigenvalue weighted by Gasteiger charge is -2.08. The number of nitrogens with one attached hydrogen (secondary N) is 2. The number of carbonyl (C=O) groups is 1. The zero-order chi connectivity index (χ0) is 12.4. The largest absolute Gasteiger partial charge is 0.321 e. The van der Waals surface area contributed by atoms with Gasteiger partial charge in [-0.1, -0.05) is 23.7 Å². The Hall–Kier alpha value is -1.81. The van der Waals surface area contributed by atoms with Gasteiger partial charge in [-0.15, -0.1) is 0 Å². The van der Waals surface area contributed by atoms with Crippen LogP contribution in [0, 0.1) is 13.8 Å². The molecule has 1 heterocycles. The summed E-state index contributed by atoms with van der Waals surface area (Å²) in [4.78, 5) is 11.9. The SMILES string of the molecule is Cc1cccc(NC(=O)c2cn[nH]c2C)c1Cl. The smallest absolute Gasteiger partial charge is 0.259 e. The van der Waals surface area contributed by atoms with E-state index in [2.05, 4.69) is 15.5 Å². The molecule has 0 aliphatic carbocycles. The summed E-state index contributed by atoms with van der Waals surface area (Å²) in [5, 5.41) is 9.84. The second-order valence-corrected chi connectivity index (χ2v) is 4.18. The van der Waals surface area contributed by atoms with Gasteiger partial charge in [0.2, 0.25) is 0 Å². The van der Waals surface area contributed by atoms with Crippen LogP contribution in [0.1, 0.15) is 21.6 Å². The summed E-state index contributed by atoms with van der Waals surface area (Å²) in [7, 11) is 0. The second kappa shape index (κ2) is 4.59. The fourth-order valence-electron chi connectivity index (χ4n) is 1.51. The lowest BCUT2D eigenvalue weighted by molar-refractivity contribution is 0.102. The van der Waals surface area contributed by atoms with Crippen LogP contribution in [0.4, 0.5) is 5.69 Å². The molecule has 0 saturated heterocycles. The van der Waals surface area contributed by atoms with Gasteiger partial charge in [0.05, 0.1) is 22.5 Å². The number of aryl methyl sites for hydroxylation is 2. The van der Waals surface area contributed by atoms with Crippen molar-refractivity contribution in [3.8, 4) is 0 Å². The minimum atomic E-state index is -0.219. The van der Waals surface area contributed by atoms with Crippen LogP contribution in [0.2, 0.25) is 5.02 Å². The van der Waals surface area contributed by atoms with Gasteiger partial charge in [-0.2, -0.15) is 5.10 Å². The molecule has 0 fully saturated rings. The fourth-order valence-corrected chi connectivity index (χ4v) is 1.69. The van der Waals surface area contributed by atoms with Crippen LogP contribution in [0.25, 0.3) is 0 Å². The fraction of sp³-hybridized carbons (Fsp3) is 0.167. The van der Waals surface area contributed by atoms with Crippen LogP contribution in [0.3, 0.4) is 0 Å². The first-order chi connectivity index (χ1) is 8.09. The van der Waals surface area contributed by atoms with E-state index in [-0.39, 0.29) is 5.91 Å². The van der Waals surface area contributed by atoms with Crippen LogP contribution in [-0.2, 0) is 0 Å². The Kier molecular flexibility index (Phi) is 3.15. The van der Waals surface area contributed by atoms with E-state index in [0.29, 0.717) is 16.3 Å². The molecule has 0 atom stereocenters. The topological polar surface area (TPSA) is 57.8 Å². The molecule has 0 bridgehead atoms. The Morgan fingerprint density at radius 1 is 1.41 bits per heavy atom. The van der Waals surface area contributed by atoms with Gasteiger partial charge in [0, 0.05) is 5.69 Å². The maximum absolute atomic E-state index is 11.9. The number of hydrogen-bond acceptors (Lipinski definition) is 2. The van der Waals surface area contributed by atoms with Gasteiger partial charge in [0.15, 0.2) is 0 Å². The molecule has 1 aromatic carbocycles. The van der Waals surface area contributed by atoms with E-state index in [4.69, 9.17) is 11.6 Å². The van der Waals surface area contributed by atoms with Gasteiger partial charge >= 0.3 is 0 Å². The first-order valence-corrected chi connectivity index (χ1v) is 5.54. The van der Waals surface area contributed by atoms with Crippen molar-refractivity contribution in [2.75, 3.05) is 5.32 Å². The Bertz CT molecular complexity index is 563. The molecule has 4 nitrogen and oxygen atoms in total. The number of halogens is 1. The Morgan fingerprint density at radius 2 is 2.18 bits per heavy atom. The summed E-state index contributed by atoms with van der Waals surface area (Å²) in [5.41, 5.74) is 2.78. The van der Waals surface area contributed by atoms with Gasteiger partial charge in [-0.25, -0.2) is 0 Å². The van der Waals surface area contributed by atoms with Crippen LogP contribution >= 0.6 is 11.6 Å². The zero-order valence-electron chi connectivity index (χ0n) is 9.54. The van der Waals surface area contributed by atoms with E-state index in [1.165, 1.54) is 6.20 Å². The predicted molar refractivity (Wildman–Crippen MR) is 67.5 cm³/mol. The third-order valence-electron chi connectivity index (χ3n) is 2.51. The number of hydrogen-bond donors (Lipinski definition) is 2. The zero-order valence-corrected chi connectivity index (χ0v) is 10.3. The average Bonchev–Trinajstić information content (AvgIpc) is 2.71. The summed E-state index contributed by atoms with van der Waals surface area (Å²) in [5.74, 6) is -0.219. The van der Waals surface area contributed by atoms with Gasteiger partial charge < -0.3 is 5.32 Å². The molecule has 2 aromatic rings. The molecule has 0 aliphatic rings. The molecular weight excluding hydrogens is 238 g/mol. The molecule has 2 N–H and O–H groups in total. The summed E-state index contributed by atoms with van der Waals surface area (Å²) < 4.78 is 0. The van der Waals surface area contributed by atoms with Crippen molar-refractivity contribution in [3.05, 3.63) is 46.2 Å². The molecule has 5 heteroatoms. The monoisotopic (exact) mass is 249 g/mol. The molecule has 88 valence electrons. The molecule has 0 saturated carbocycles. The van der Waals surface area contributed by atoms with E-state index in [1.807, 2.05) is 19.1 Å². The number of nitrogens with zero attached hydrogens (tertiary/aromatic N) is 1. The summed E-state index contributed by atoms with van der Waals surface area (Å²) in [6, 6.07) is 5.50. The van der Waals surface area contributed by atoms with E-state index in [9.17, 15) is 4.79 Å². The first-order valence-electron chi connectivity index (χ1n) is 5.16. The minimum Gasteiger partial charge on any atom is -0.321 e. The number of rotatable bonds is 2. The quantitative estimate of drug-likeness (QED) is 0.860. The molecule has 1 aromatic heterocycles. The molecule has 0 spiro atoms. The number of anilines is 1. The van der Waals surface area contributed by atoms with Gasteiger partial charge in [-0.05, 0) is 25.5 Å². The number of benzene rings is 1. The molecule has 0 aliphatic heterocycles. The van der Waals surface area contributed by atoms with E-state index >= 15 is 0 Å². The van der Waals surface area contributed by atoms with Crippen LogP contribution in [-0.4, -0.2) is 16.1 Å². The third kappa shape index (κ3) is 2.31. The highest BCUT2D eigenvalue weighted by Gasteiger charge is 2.12. The molecule has 1 amide bonds. The Balaban J connectivity index is 2.25. The number of aromatic amines is 1. The first kappa shape index (κ1) is 11.7. The minimum absolute atomic E-state index is 0.219. The number of amides is 1. The van der Waals surface area contributed by atoms with Crippen molar-refractivity contribution in [2.45, 2.75) is 13.8 Å². The molecule has 0 radical (unpaired) electrons. The summed E-state index contributed by atoms with van der Waals surface area (Å²) >= 11 is 6.10. The van der Waals surface area contributed by atoms with Crippen LogP contribution in [0.15, 0.2) is 24.4 Å². The Morgan fingerprint density at radius 3 is 2.82 bits per heavy atom. The van der Waals surface area contributed by atoms with Crippen molar-refractivity contribution >= 4 is 23.2 Å². The normalized spacial score (nSPS) is 10.3. The highest BCUT2D eigenvalue weighted by molar-refractivity contribution is 6.34. The van der Waals surface area contributed by atoms with Gasteiger partial charge in [-0.3, -0.25) is 9.89 Å². The van der Waals surface area contributed by atoms with E-state index < -0.39 is 0 Å². The van der Waals surface area contributed by atoms with Gasteiger partial charge in [0.1, 0.15) is 0 Å². The molecule has 0 unspecified atom stereocenters. The maximum Gasteiger partial charge on any atom is 0.259 e. The van der Waals surface area contributed by atoms with Crippen molar-refractivity contribution in [1.29, 1.82) is 0 Å². The summed E-state index contributed by atoms with van der Waals surface area (Å²) in [6.07, 6.45) is 1.49. The number of carbonyl (C=O) groups excluding carboxylic acids is 1. The lowest BCUT2D eigenvalue weighted by Crippen LogP contribution is -2.12. The van der Waals surface area contributed by atoms with E-state index in [0.717, 1.165) is 11.3 Å². The second-order valence-electron chi connectivity index (χ2n) is 3.80. The standard InChI is InChI=1S/C12H12ClN3O/c1-7-4-3-5-10(11(7)13)15-12(17)9-6-14-16-8(9)2/h3-6H,1-2H3,(H,14,16)(H,15,17). The molecular formula is C12H12ClN3O. The summed E-state index contributed by atoms with van der Waals surface area (Å²) in [6.45, 7) is 3.68. The lowest BCUT2D eigenvalue weighted by atomic mass is 10.2. The van der Waals surface area contributed by atoms with E-state index in [1.54, 1.807) is 13.0 Å². The Labute approximate surface area is 104 Å². The van der Waals surface area contributed by atoms with Crippen molar-refractivity contribution in [1.82, 2.24) is 10.2 Å². The van der Waals surface area contributed by atoms with Crippen molar-refractivity contribution in [2.24, 2.45) is 0 Å². The molecule has 17 heavy (non-hydrogen) atoms. The van der Waals surface area contributed by atoms with Gasteiger partial charge in [0.25, 0.3) is 5.91 Å². The highest BCUT2D eigenvalue weighted by atomic mass is 35.5. The van der Waals surface area contributed by atoms with Crippen molar-refractivity contribution in [3.63, 3.8) is 0 Å². The number of aromatic nitrogens is 2. The maximum atomic E-state index is 11.9. The van der Waals surface area contributed by atoms with Crippen LogP contribution < -0.4 is 5.32 Å². The third-order valence-corrected chi connectivity index (χ3v) is 3.02. The number of H-pyrrole nitrogens is 1. The average molecular weight is 250 g/mol. The highest BCUT2D eigenvalue weighted by Crippen LogP contribution is 2.25.